The molecule has 3 aliphatic rings. The first-order valence-electron chi connectivity index (χ1n) is 18.7. The monoisotopic (exact) mass is 781 g/mol. The van der Waals surface area contributed by atoms with Crippen molar-refractivity contribution in [3.8, 4) is 11.6 Å². The molecule has 1 aromatic heterocycles. The molecule has 1 saturated carbocycles. The van der Waals surface area contributed by atoms with Crippen LogP contribution in [0.3, 0.4) is 0 Å². The third kappa shape index (κ3) is 8.64. The normalized spacial score (nSPS) is 22.7. The van der Waals surface area contributed by atoms with E-state index in [-0.39, 0.29) is 46.8 Å². The van der Waals surface area contributed by atoms with E-state index in [2.05, 4.69) is 44.7 Å². The summed E-state index contributed by atoms with van der Waals surface area (Å²) in [4.78, 5) is 29.9. The number of anilines is 1. The maximum atomic E-state index is 14.5. The summed E-state index contributed by atoms with van der Waals surface area (Å²) in [6, 6.07) is 11.4. The fourth-order valence-electron chi connectivity index (χ4n) is 8.33. The second-order valence-corrected chi connectivity index (χ2v) is 17.5. The second kappa shape index (κ2) is 16.8. The first-order chi connectivity index (χ1) is 25.9. The summed E-state index contributed by atoms with van der Waals surface area (Å²) < 4.78 is 40.5. The Morgan fingerprint density at radius 3 is 2.80 bits per heavy atom. The van der Waals surface area contributed by atoms with Gasteiger partial charge in [0.05, 0.1) is 44.5 Å². The molecule has 3 aromatic rings. The lowest BCUT2D eigenvalue weighted by atomic mass is 9.68. The number of hydrogen-bond donors (Lipinski definition) is 2. The van der Waals surface area contributed by atoms with Crippen molar-refractivity contribution in [1.29, 1.82) is 0 Å². The molecule has 0 radical (unpaired) electrons. The van der Waals surface area contributed by atoms with Gasteiger partial charge in [-0.2, -0.15) is 0 Å². The number of amides is 2. The molecule has 0 bridgehead atoms. The molecule has 54 heavy (non-hydrogen) atoms. The number of hydrogen-bond acceptors (Lipinski definition) is 9. The van der Waals surface area contributed by atoms with E-state index in [1.807, 2.05) is 13.0 Å². The predicted molar refractivity (Wildman–Crippen MR) is 210 cm³/mol. The molecule has 2 heterocycles. The van der Waals surface area contributed by atoms with Gasteiger partial charge in [-0.15, -0.1) is 16.0 Å². The van der Waals surface area contributed by atoms with Crippen molar-refractivity contribution >= 4 is 39.0 Å². The Labute approximate surface area is 323 Å². The standard InChI is InChI=1S/C40H52ClN5O7S/c1-6-8-26(2)23-54(50,44-38(49)33-22-45(4)42-39(33)51-5)43-37(48)29-11-15-36-35(20-29)46(21-30-10-13-32(30)27(3)52-18-17-47)24-40(25-53-36)16-7-9-28-19-31(41)12-14-34(28)40/h6,11-12,14-15,19-20,22,26-27,30,32,47H,1,7-10,13,16-18,21,23-25H2,2-5H3,(H,43,44,48,49,50)/t26-,27-,30-,32-,40-,54-/m0/s1. The highest BCUT2D eigenvalue weighted by atomic mass is 35.5. The number of methoxy groups -OCH3 is 1. The van der Waals surface area contributed by atoms with Gasteiger partial charge in [0.2, 0.25) is 5.88 Å². The third-order valence-corrected chi connectivity index (χ3v) is 13.3. The van der Waals surface area contributed by atoms with E-state index in [9.17, 15) is 18.9 Å². The number of aromatic nitrogens is 2. The van der Waals surface area contributed by atoms with Crippen LogP contribution in [0.5, 0.6) is 11.6 Å². The molecule has 2 amide bonds. The zero-order chi connectivity index (χ0) is 38.6. The van der Waals surface area contributed by atoms with Gasteiger partial charge in [0.1, 0.15) is 21.2 Å². The van der Waals surface area contributed by atoms with Gasteiger partial charge in [0.15, 0.2) is 0 Å². The molecular weight excluding hydrogens is 730 g/mol. The SMILES string of the molecule is C=CC[C@H](C)C[S@](=O)(=NC(=O)c1ccc2c(c1)N(C[C@@H]1CC[C@H]1[C@H](C)OCCO)C[C@@]1(CCCc3cc(Cl)ccc31)CO2)NC(=O)c1cn(C)nc1OC. The topological polar surface area (TPSA) is 145 Å². The lowest BCUT2D eigenvalue weighted by Crippen LogP contribution is -2.49. The van der Waals surface area contributed by atoms with Crippen molar-refractivity contribution in [3.63, 3.8) is 0 Å². The number of nitrogens with one attached hydrogen (secondary N) is 1. The average Bonchev–Trinajstić information content (AvgIpc) is 3.44. The molecule has 2 N–H and O–H groups in total. The number of benzene rings is 2. The largest absolute Gasteiger partial charge is 0.490 e. The Kier molecular flexibility index (Phi) is 12.4. The number of fused-ring (bicyclic) bond motifs is 3. The van der Waals surface area contributed by atoms with E-state index in [0.29, 0.717) is 55.3 Å². The maximum absolute atomic E-state index is 14.5. The summed E-state index contributed by atoms with van der Waals surface area (Å²) in [6.07, 6.45) is 8.62. The fraction of sp³-hybridized carbons (Fsp3) is 0.525. The third-order valence-electron chi connectivity index (χ3n) is 11.1. The number of nitrogens with zero attached hydrogens (tertiary/aromatic N) is 4. The molecular formula is C40H52ClN5O7S. The van der Waals surface area contributed by atoms with Gasteiger partial charge >= 0.3 is 0 Å². The van der Waals surface area contributed by atoms with Crippen molar-refractivity contribution in [1.82, 2.24) is 14.5 Å². The highest BCUT2D eigenvalue weighted by Crippen LogP contribution is 2.47. The van der Waals surface area contributed by atoms with Crippen molar-refractivity contribution < 1.29 is 33.1 Å². The molecule has 1 fully saturated rings. The molecule has 1 spiro atoms. The van der Waals surface area contributed by atoms with E-state index >= 15 is 0 Å². The summed E-state index contributed by atoms with van der Waals surface area (Å²) in [7, 11) is -0.578. The van der Waals surface area contributed by atoms with Crippen molar-refractivity contribution in [2.24, 2.45) is 29.2 Å². The molecule has 2 aliphatic carbocycles. The van der Waals surface area contributed by atoms with Crippen LogP contribution in [-0.4, -0.2) is 82.8 Å². The van der Waals surface area contributed by atoms with Crippen LogP contribution in [0, 0.1) is 17.8 Å². The van der Waals surface area contributed by atoms with Gasteiger partial charge in [-0.25, -0.2) is 4.21 Å². The van der Waals surface area contributed by atoms with Gasteiger partial charge in [0.25, 0.3) is 11.8 Å². The summed E-state index contributed by atoms with van der Waals surface area (Å²) in [5.41, 5.74) is 3.24. The number of carbonyl (C=O) groups excluding carboxylic acids is 2. The van der Waals surface area contributed by atoms with E-state index in [4.69, 9.17) is 25.8 Å². The van der Waals surface area contributed by atoms with Gasteiger partial charge in [-0.3, -0.25) is 19.0 Å². The molecule has 6 rings (SSSR count). The number of aliphatic hydroxyl groups is 1. The molecule has 292 valence electrons. The molecule has 6 atom stereocenters. The number of allylic oxidation sites excluding steroid dienone is 1. The number of halogens is 1. The highest BCUT2D eigenvalue weighted by molar-refractivity contribution is 7.92. The summed E-state index contributed by atoms with van der Waals surface area (Å²) in [5.74, 6) is -0.311. The quantitative estimate of drug-likeness (QED) is 0.184. The van der Waals surface area contributed by atoms with Crippen LogP contribution in [0.4, 0.5) is 5.69 Å². The van der Waals surface area contributed by atoms with Gasteiger partial charge < -0.3 is 24.2 Å². The summed E-state index contributed by atoms with van der Waals surface area (Å²) >= 11 is 6.46. The Morgan fingerprint density at radius 1 is 1.26 bits per heavy atom. The van der Waals surface area contributed by atoms with Crippen molar-refractivity contribution in [2.75, 3.05) is 50.7 Å². The van der Waals surface area contributed by atoms with Crippen LogP contribution >= 0.6 is 11.6 Å². The number of ether oxygens (including phenoxy) is 3. The van der Waals surface area contributed by atoms with E-state index in [1.165, 1.54) is 29.1 Å². The zero-order valence-corrected chi connectivity index (χ0v) is 33.2. The van der Waals surface area contributed by atoms with Crippen LogP contribution in [0.25, 0.3) is 0 Å². The Bertz CT molecular complexity index is 1990. The molecule has 1 aliphatic heterocycles. The lowest BCUT2D eigenvalue weighted by Gasteiger charge is -2.46. The van der Waals surface area contributed by atoms with Gasteiger partial charge in [-0.05, 0) is 105 Å². The van der Waals surface area contributed by atoms with Crippen LogP contribution in [0.15, 0.2) is 59.6 Å². The smallest absolute Gasteiger partial charge is 0.286 e. The first kappa shape index (κ1) is 39.8. The minimum absolute atomic E-state index is 0.00435. The first-order valence-corrected chi connectivity index (χ1v) is 20.8. The highest BCUT2D eigenvalue weighted by Gasteiger charge is 2.44. The second-order valence-electron chi connectivity index (χ2n) is 15.1. The molecule has 0 saturated heterocycles. The minimum atomic E-state index is -3.61. The maximum Gasteiger partial charge on any atom is 0.286 e. The number of rotatable bonds is 14. The Hall–Kier alpha value is -3.91. The fourth-order valence-corrected chi connectivity index (χ4v) is 10.4. The zero-order valence-electron chi connectivity index (χ0n) is 31.6. The predicted octanol–water partition coefficient (Wildman–Crippen LogP) is 6.14. The van der Waals surface area contributed by atoms with Crippen LogP contribution in [0.1, 0.15) is 77.8 Å². The molecule has 12 nitrogen and oxygen atoms in total. The van der Waals surface area contributed by atoms with E-state index < -0.39 is 21.7 Å². The summed E-state index contributed by atoms with van der Waals surface area (Å²) in [6.45, 7) is 9.85. The van der Waals surface area contributed by atoms with Crippen LogP contribution in [0.2, 0.25) is 5.02 Å². The van der Waals surface area contributed by atoms with Crippen LogP contribution in [-0.2, 0) is 33.5 Å². The molecule has 2 aromatic carbocycles. The van der Waals surface area contributed by atoms with Gasteiger partial charge in [0, 0.05) is 42.3 Å². The lowest BCUT2D eigenvalue weighted by molar-refractivity contribution is -0.0414. The van der Waals surface area contributed by atoms with E-state index in [1.54, 1.807) is 31.3 Å². The molecule has 0 unspecified atom stereocenters. The number of carbonyl (C=O) groups is 2. The average molecular weight is 782 g/mol. The Morgan fingerprint density at radius 2 is 2.07 bits per heavy atom. The van der Waals surface area contributed by atoms with Crippen molar-refractivity contribution in [3.05, 3.63) is 82.5 Å². The number of aliphatic hydroxyl groups excluding tert-OH is 1. The van der Waals surface area contributed by atoms with Crippen molar-refractivity contribution in [2.45, 2.75) is 63.9 Å². The summed E-state index contributed by atoms with van der Waals surface area (Å²) in [5, 5.41) is 14.2. The van der Waals surface area contributed by atoms with E-state index in [0.717, 1.165) is 37.8 Å². The molecule has 14 heteroatoms. The van der Waals surface area contributed by atoms with Gasteiger partial charge in [-0.1, -0.05) is 30.7 Å². The number of aryl methyl sites for hydroxylation is 2. The van der Waals surface area contributed by atoms with Crippen LogP contribution < -0.4 is 19.1 Å². The Balaban J connectivity index is 1.36. The minimum Gasteiger partial charge on any atom is -0.490 e.